The van der Waals surface area contributed by atoms with Gasteiger partial charge in [-0.2, -0.15) is 0 Å². The Morgan fingerprint density at radius 3 is 2.63 bits per heavy atom. The number of amides is 1. The van der Waals surface area contributed by atoms with Crippen LogP contribution < -0.4 is 5.32 Å². The van der Waals surface area contributed by atoms with Crippen molar-refractivity contribution in [3.8, 4) is 0 Å². The van der Waals surface area contributed by atoms with E-state index in [9.17, 15) is 4.79 Å². The summed E-state index contributed by atoms with van der Waals surface area (Å²) in [6.07, 6.45) is 2.07. The van der Waals surface area contributed by atoms with Gasteiger partial charge in [0.25, 0.3) is 5.91 Å². The van der Waals surface area contributed by atoms with Gasteiger partial charge in [0.1, 0.15) is 0 Å². The molecule has 19 heavy (non-hydrogen) atoms. The second-order valence-electron chi connectivity index (χ2n) is 4.70. The highest BCUT2D eigenvalue weighted by Crippen LogP contribution is 2.25. The molecule has 1 aliphatic heterocycles. The predicted octanol–water partition coefficient (Wildman–Crippen LogP) is 3.43. The first-order chi connectivity index (χ1) is 9.13. The number of carbonyl (C=O) groups is 1. The third-order valence-corrected chi connectivity index (χ3v) is 4.66. The van der Waals surface area contributed by atoms with E-state index in [2.05, 4.69) is 37.2 Å². The Labute approximate surface area is 131 Å². The van der Waals surface area contributed by atoms with Gasteiger partial charge < -0.3 is 10.2 Å². The minimum Gasteiger partial charge on any atom is -0.336 e. The highest BCUT2D eigenvalue weighted by atomic mass is 79.9. The van der Waals surface area contributed by atoms with Gasteiger partial charge in [-0.25, -0.2) is 0 Å². The van der Waals surface area contributed by atoms with Crippen LogP contribution in [0.3, 0.4) is 0 Å². The summed E-state index contributed by atoms with van der Waals surface area (Å²) in [5, 5.41) is 3.34. The van der Waals surface area contributed by atoms with Gasteiger partial charge in [0, 0.05) is 21.5 Å². The summed E-state index contributed by atoms with van der Waals surface area (Å²) in [7, 11) is 0. The SMILES string of the molecule is CCN(C(=O)c1ccc(Br)cc1Br)C1CCNCC1. The molecule has 1 heterocycles. The van der Waals surface area contributed by atoms with Crippen LogP contribution in [0.4, 0.5) is 0 Å². The zero-order valence-corrected chi connectivity index (χ0v) is 14.1. The van der Waals surface area contributed by atoms with Crippen molar-refractivity contribution in [2.75, 3.05) is 19.6 Å². The summed E-state index contributed by atoms with van der Waals surface area (Å²) in [4.78, 5) is 14.7. The third kappa shape index (κ3) is 3.58. The van der Waals surface area contributed by atoms with Crippen LogP contribution in [-0.4, -0.2) is 36.5 Å². The topological polar surface area (TPSA) is 32.3 Å². The van der Waals surface area contributed by atoms with Gasteiger partial charge in [0.05, 0.1) is 5.56 Å². The van der Waals surface area contributed by atoms with E-state index in [0.29, 0.717) is 6.04 Å². The maximum absolute atomic E-state index is 12.7. The first kappa shape index (κ1) is 15.0. The lowest BCUT2D eigenvalue weighted by molar-refractivity contribution is 0.0655. The number of benzene rings is 1. The smallest absolute Gasteiger partial charge is 0.255 e. The maximum atomic E-state index is 12.7. The van der Waals surface area contributed by atoms with Crippen LogP contribution in [-0.2, 0) is 0 Å². The molecule has 1 saturated heterocycles. The predicted molar refractivity (Wildman–Crippen MR) is 84.4 cm³/mol. The molecule has 1 aliphatic rings. The van der Waals surface area contributed by atoms with Crippen molar-refractivity contribution < 1.29 is 4.79 Å². The van der Waals surface area contributed by atoms with Crippen molar-refractivity contribution in [1.82, 2.24) is 10.2 Å². The average molecular weight is 390 g/mol. The largest absolute Gasteiger partial charge is 0.336 e. The molecule has 1 aromatic carbocycles. The van der Waals surface area contributed by atoms with Crippen LogP contribution in [0.2, 0.25) is 0 Å². The third-order valence-electron chi connectivity index (χ3n) is 3.51. The average Bonchev–Trinajstić information content (AvgIpc) is 2.40. The van der Waals surface area contributed by atoms with E-state index in [1.807, 2.05) is 30.0 Å². The molecular weight excluding hydrogens is 372 g/mol. The maximum Gasteiger partial charge on any atom is 0.255 e. The monoisotopic (exact) mass is 388 g/mol. The molecule has 3 nitrogen and oxygen atoms in total. The van der Waals surface area contributed by atoms with Crippen LogP contribution in [0.1, 0.15) is 30.1 Å². The first-order valence-electron chi connectivity index (χ1n) is 6.60. The van der Waals surface area contributed by atoms with Gasteiger partial charge in [-0.3, -0.25) is 4.79 Å². The van der Waals surface area contributed by atoms with Gasteiger partial charge in [-0.15, -0.1) is 0 Å². The van der Waals surface area contributed by atoms with Crippen molar-refractivity contribution in [3.05, 3.63) is 32.7 Å². The Morgan fingerprint density at radius 2 is 2.05 bits per heavy atom. The second kappa shape index (κ2) is 6.86. The van der Waals surface area contributed by atoms with Gasteiger partial charge in [-0.1, -0.05) is 15.9 Å². The molecule has 0 atom stereocenters. The van der Waals surface area contributed by atoms with Crippen LogP contribution >= 0.6 is 31.9 Å². The van der Waals surface area contributed by atoms with Crippen LogP contribution in [0.25, 0.3) is 0 Å². The van der Waals surface area contributed by atoms with Crippen LogP contribution in [0.5, 0.6) is 0 Å². The van der Waals surface area contributed by atoms with Crippen molar-refractivity contribution in [2.24, 2.45) is 0 Å². The molecule has 0 aliphatic carbocycles. The highest BCUT2D eigenvalue weighted by Gasteiger charge is 2.25. The summed E-state index contributed by atoms with van der Waals surface area (Å²) < 4.78 is 1.82. The zero-order chi connectivity index (χ0) is 13.8. The van der Waals surface area contributed by atoms with Gasteiger partial charge >= 0.3 is 0 Å². The number of rotatable bonds is 3. The van der Waals surface area contributed by atoms with Crippen molar-refractivity contribution in [2.45, 2.75) is 25.8 Å². The number of hydrogen-bond acceptors (Lipinski definition) is 2. The van der Waals surface area contributed by atoms with Gasteiger partial charge in [-0.05, 0) is 67.0 Å². The van der Waals surface area contributed by atoms with Crippen molar-refractivity contribution in [1.29, 1.82) is 0 Å². The molecule has 1 fully saturated rings. The number of nitrogens with zero attached hydrogens (tertiary/aromatic N) is 1. The number of hydrogen-bond donors (Lipinski definition) is 1. The molecule has 1 amide bonds. The van der Waals surface area contributed by atoms with Gasteiger partial charge in [0.2, 0.25) is 0 Å². The molecule has 2 rings (SSSR count). The quantitative estimate of drug-likeness (QED) is 0.858. The summed E-state index contributed by atoms with van der Waals surface area (Å²) in [5.41, 5.74) is 0.739. The summed E-state index contributed by atoms with van der Waals surface area (Å²) in [6.45, 7) is 4.80. The fraction of sp³-hybridized carbons (Fsp3) is 0.500. The second-order valence-corrected chi connectivity index (χ2v) is 6.47. The molecule has 0 unspecified atom stereocenters. The molecule has 1 aromatic rings. The number of carbonyl (C=O) groups excluding carboxylic acids is 1. The lowest BCUT2D eigenvalue weighted by Crippen LogP contribution is -2.46. The molecule has 104 valence electrons. The molecule has 0 radical (unpaired) electrons. The minimum atomic E-state index is 0.119. The first-order valence-corrected chi connectivity index (χ1v) is 8.18. The molecular formula is C14H18Br2N2O. The fourth-order valence-corrected chi connectivity index (χ4v) is 3.72. The van der Waals surface area contributed by atoms with E-state index in [-0.39, 0.29) is 5.91 Å². The van der Waals surface area contributed by atoms with E-state index >= 15 is 0 Å². The number of nitrogens with one attached hydrogen (secondary N) is 1. The molecule has 5 heteroatoms. The summed E-state index contributed by atoms with van der Waals surface area (Å²) >= 11 is 6.89. The van der Waals surface area contributed by atoms with Crippen molar-refractivity contribution >= 4 is 37.8 Å². The molecule has 1 N–H and O–H groups in total. The minimum absolute atomic E-state index is 0.119. The molecule has 0 saturated carbocycles. The Hall–Kier alpha value is -0.390. The van der Waals surface area contributed by atoms with E-state index < -0.39 is 0 Å². The van der Waals surface area contributed by atoms with Gasteiger partial charge in [0.15, 0.2) is 0 Å². The lowest BCUT2D eigenvalue weighted by atomic mass is 10.0. The zero-order valence-electron chi connectivity index (χ0n) is 11.0. The van der Waals surface area contributed by atoms with E-state index in [0.717, 1.165) is 47.0 Å². The summed E-state index contributed by atoms with van der Waals surface area (Å²) in [5.74, 6) is 0.119. The Kier molecular flexibility index (Phi) is 5.42. The number of halogens is 2. The van der Waals surface area contributed by atoms with Crippen molar-refractivity contribution in [3.63, 3.8) is 0 Å². The lowest BCUT2D eigenvalue weighted by Gasteiger charge is -2.34. The highest BCUT2D eigenvalue weighted by molar-refractivity contribution is 9.11. The van der Waals surface area contributed by atoms with E-state index in [4.69, 9.17) is 0 Å². The number of piperidine rings is 1. The normalized spacial score (nSPS) is 16.4. The summed E-state index contributed by atoms with van der Waals surface area (Å²) in [6, 6.07) is 6.06. The standard InChI is InChI=1S/C14H18Br2N2O/c1-2-18(11-5-7-17-8-6-11)14(19)12-4-3-10(15)9-13(12)16/h3-4,9,11,17H,2,5-8H2,1H3. The molecule has 0 aromatic heterocycles. The molecule has 0 bridgehead atoms. The van der Waals surface area contributed by atoms with E-state index in [1.165, 1.54) is 0 Å². The van der Waals surface area contributed by atoms with Crippen LogP contribution in [0, 0.1) is 0 Å². The molecule has 0 spiro atoms. The Morgan fingerprint density at radius 1 is 1.37 bits per heavy atom. The Bertz CT molecular complexity index is 459. The fourth-order valence-electron chi connectivity index (χ4n) is 2.50. The van der Waals surface area contributed by atoms with E-state index in [1.54, 1.807) is 0 Å². The Balaban J connectivity index is 2.19. The van der Waals surface area contributed by atoms with Crippen LogP contribution in [0.15, 0.2) is 27.1 Å².